The van der Waals surface area contributed by atoms with E-state index in [0.29, 0.717) is 42.4 Å². The Kier molecular flexibility index (Phi) is 6.35. The number of likely N-dealkylation sites (tertiary alicyclic amines) is 1. The maximum absolute atomic E-state index is 13.0. The van der Waals surface area contributed by atoms with Crippen molar-refractivity contribution in [3.05, 3.63) is 71.9 Å². The van der Waals surface area contributed by atoms with Crippen molar-refractivity contribution in [3.63, 3.8) is 0 Å². The molecule has 0 atom stereocenters. The van der Waals surface area contributed by atoms with Gasteiger partial charge in [0, 0.05) is 43.1 Å². The second-order valence-corrected chi connectivity index (χ2v) is 7.51. The summed E-state index contributed by atoms with van der Waals surface area (Å²) in [6.07, 6.45) is 2.06. The highest BCUT2D eigenvalue weighted by molar-refractivity contribution is 5.94. The average molecular weight is 422 g/mol. The van der Waals surface area contributed by atoms with Gasteiger partial charge in [-0.15, -0.1) is 0 Å². The zero-order valence-electron chi connectivity index (χ0n) is 17.0. The Morgan fingerprint density at radius 3 is 2.48 bits per heavy atom. The molecule has 1 fully saturated rings. The van der Waals surface area contributed by atoms with Gasteiger partial charge >= 0.3 is 0 Å². The van der Waals surface area contributed by atoms with E-state index in [1.165, 1.54) is 12.1 Å². The van der Waals surface area contributed by atoms with Gasteiger partial charge in [-0.1, -0.05) is 23.4 Å². The summed E-state index contributed by atoms with van der Waals surface area (Å²) in [5, 5.41) is 6.94. The van der Waals surface area contributed by atoms with Crippen molar-refractivity contribution in [1.82, 2.24) is 20.4 Å². The first-order valence-corrected chi connectivity index (χ1v) is 10.3. The number of aryl methyl sites for hydroxylation is 1. The molecule has 0 aliphatic carbocycles. The minimum Gasteiger partial charge on any atom is -0.349 e. The first kappa shape index (κ1) is 20.7. The van der Waals surface area contributed by atoms with Gasteiger partial charge in [0.25, 0.3) is 5.91 Å². The molecule has 7 nitrogen and oxygen atoms in total. The Morgan fingerprint density at radius 2 is 1.77 bits per heavy atom. The lowest BCUT2D eigenvalue weighted by molar-refractivity contribution is -0.132. The third kappa shape index (κ3) is 5.33. The fraction of sp³-hybridized carbons (Fsp3) is 0.304. The number of rotatable bonds is 6. The minimum atomic E-state index is -0.332. The van der Waals surface area contributed by atoms with Gasteiger partial charge in [-0.05, 0) is 49.2 Å². The Bertz CT molecular complexity index is 1030. The number of carbonyl (C=O) groups is 2. The lowest BCUT2D eigenvalue weighted by Gasteiger charge is -2.32. The fourth-order valence-corrected chi connectivity index (χ4v) is 3.58. The summed E-state index contributed by atoms with van der Waals surface area (Å²) >= 11 is 0. The topological polar surface area (TPSA) is 88.3 Å². The zero-order valence-corrected chi connectivity index (χ0v) is 17.0. The van der Waals surface area contributed by atoms with Crippen LogP contribution in [0.15, 0.2) is 59.1 Å². The van der Waals surface area contributed by atoms with Gasteiger partial charge < -0.3 is 14.7 Å². The van der Waals surface area contributed by atoms with Crippen LogP contribution in [-0.2, 0) is 11.2 Å². The summed E-state index contributed by atoms with van der Waals surface area (Å²) in [5.74, 6) is 0.352. The second kappa shape index (κ2) is 9.51. The monoisotopic (exact) mass is 422 g/mol. The molecule has 1 aromatic heterocycles. The SMILES string of the molecule is O=C(NC1CCN(C(=O)CCc2nc(-c3ccc(F)cc3)no2)CC1)c1ccccc1. The summed E-state index contributed by atoms with van der Waals surface area (Å²) in [4.78, 5) is 30.9. The summed E-state index contributed by atoms with van der Waals surface area (Å²) in [6, 6.07) is 15.0. The molecule has 1 N–H and O–H groups in total. The van der Waals surface area contributed by atoms with Gasteiger partial charge in [0.15, 0.2) is 0 Å². The van der Waals surface area contributed by atoms with E-state index in [-0.39, 0.29) is 30.1 Å². The molecule has 2 amide bonds. The van der Waals surface area contributed by atoms with Gasteiger partial charge in [0.2, 0.25) is 17.6 Å². The number of piperidine rings is 1. The second-order valence-electron chi connectivity index (χ2n) is 7.51. The quantitative estimate of drug-likeness (QED) is 0.659. The van der Waals surface area contributed by atoms with Crippen molar-refractivity contribution in [2.24, 2.45) is 0 Å². The standard InChI is InChI=1S/C23H23FN4O3/c24-18-8-6-16(7-9-18)22-26-20(31-27-22)10-11-21(29)28-14-12-19(13-15-28)25-23(30)17-4-2-1-3-5-17/h1-9,19H,10-15H2,(H,25,30). The first-order chi connectivity index (χ1) is 15.1. The van der Waals surface area contributed by atoms with Gasteiger partial charge in [-0.2, -0.15) is 4.98 Å². The third-order valence-electron chi connectivity index (χ3n) is 5.34. The van der Waals surface area contributed by atoms with E-state index in [0.717, 1.165) is 12.8 Å². The molecule has 0 bridgehead atoms. The first-order valence-electron chi connectivity index (χ1n) is 10.3. The molecule has 1 saturated heterocycles. The molecule has 4 rings (SSSR count). The Morgan fingerprint density at radius 1 is 1.06 bits per heavy atom. The van der Waals surface area contributed by atoms with Crippen LogP contribution in [0, 0.1) is 5.82 Å². The van der Waals surface area contributed by atoms with Crippen LogP contribution >= 0.6 is 0 Å². The van der Waals surface area contributed by atoms with Gasteiger partial charge in [0.1, 0.15) is 5.82 Å². The van der Waals surface area contributed by atoms with Crippen LogP contribution in [0.2, 0.25) is 0 Å². The van der Waals surface area contributed by atoms with Gasteiger partial charge in [-0.3, -0.25) is 9.59 Å². The Hall–Kier alpha value is -3.55. The smallest absolute Gasteiger partial charge is 0.251 e. The number of nitrogens with one attached hydrogen (secondary N) is 1. The molecule has 1 aliphatic heterocycles. The number of halogens is 1. The highest BCUT2D eigenvalue weighted by Gasteiger charge is 2.24. The van der Waals surface area contributed by atoms with E-state index in [4.69, 9.17) is 4.52 Å². The van der Waals surface area contributed by atoms with E-state index in [1.54, 1.807) is 24.3 Å². The van der Waals surface area contributed by atoms with E-state index in [9.17, 15) is 14.0 Å². The number of carbonyl (C=O) groups excluding carboxylic acids is 2. The summed E-state index contributed by atoms with van der Waals surface area (Å²) in [6.45, 7) is 1.20. The summed E-state index contributed by atoms with van der Waals surface area (Å²) in [5.41, 5.74) is 1.29. The van der Waals surface area contributed by atoms with Crippen molar-refractivity contribution in [1.29, 1.82) is 0 Å². The van der Waals surface area contributed by atoms with Crippen LogP contribution in [0.1, 0.15) is 35.5 Å². The highest BCUT2D eigenvalue weighted by atomic mass is 19.1. The molecule has 160 valence electrons. The predicted octanol–water partition coefficient (Wildman–Crippen LogP) is 3.23. The fourth-order valence-electron chi connectivity index (χ4n) is 3.58. The molecule has 0 radical (unpaired) electrons. The highest BCUT2D eigenvalue weighted by Crippen LogP contribution is 2.18. The number of hydrogen-bond acceptors (Lipinski definition) is 5. The third-order valence-corrected chi connectivity index (χ3v) is 5.34. The van der Waals surface area contributed by atoms with Gasteiger partial charge in [0.05, 0.1) is 0 Å². The molecule has 1 aliphatic rings. The summed E-state index contributed by atoms with van der Waals surface area (Å²) < 4.78 is 18.2. The molecule has 0 spiro atoms. The maximum Gasteiger partial charge on any atom is 0.251 e. The molecule has 2 heterocycles. The average Bonchev–Trinajstić information content (AvgIpc) is 3.28. The van der Waals surface area contributed by atoms with Crippen LogP contribution < -0.4 is 5.32 Å². The Balaban J connectivity index is 1.22. The number of benzene rings is 2. The number of aromatic nitrogens is 2. The summed E-state index contributed by atoms with van der Waals surface area (Å²) in [7, 11) is 0. The van der Waals surface area contributed by atoms with E-state index in [2.05, 4.69) is 15.5 Å². The molecule has 3 aromatic rings. The predicted molar refractivity (Wildman–Crippen MR) is 112 cm³/mol. The van der Waals surface area contributed by atoms with Crippen molar-refractivity contribution >= 4 is 11.8 Å². The van der Waals surface area contributed by atoms with Crippen LogP contribution in [-0.4, -0.2) is 46.0 Å². The van der Waals surface area contributed by atoms with Crippen LogP contribution in [0.4, 0.5) is 4.39 Å². The van der Waals surface area contributed by atoms with Crippen LogP contribution in [0.3, 0.4) is 0 Å². The van der Waals surface area contributed by atoms with Crippen LogP contribution in [0.5, 0.6) is 0 Å². The number of nitrogens with zero attached hydrogens (tertiary/aromatic N) is 3. The lowest BCUT2D eigenvalue weighted by atomic mass is 10.0. The Labute approximate surface area is 179 Å². The molecule has 0 saturated carbocycles. The van der Waals surface area contributed by atoms with Crippen LogP contribution in [0.25, 0.3) is 11.4 Å². The molecule has 0 unspecified atom stereocenters. The minimum absolute atomic E-state index is 0.0226. The lowest BCUT2D eigenvalue weighted by Crippen LogP contribution is -2.46. The number of amides is 2. The molecule has 8 heteroatoms. The van der Waals surface area contributed by atoms with E-state index >= 15 is 0 Å². The van der Waals surface area contributed by atoms with E-state index < -0.39 is 0 Å². The molecular formula is C23H23FN4O3. The number of hydrogen-bond donors (Lipinski definition) is 1. The van der Waals surface area contributed by atoms with Crippen molar-refractivity contribution < 1.29 is 18.5 Å². The zero-order chi connectivity index (χ0) is 21.6. The van der Waals surface area contributed by atoms with Crippen molar-refractivity contribution in [2.75, 3.05) is 13.1 Å². The largest absolute Gasteiger partial charge is 0.349 e. The molecular weight excluding hydrogens is 399 g/mol. The maximum atomic E-state index is 13.0. The normalized spacial score (nSPS) is 14.4. The van der Waals surface area contributed by atoms with Crippen molar-refractivity contribution in [3.8, 4) is 11.4 Å². The van der Waals surface area contributed by atoms with E-state index in [1.807, 2.05) is 23.1 Å². The van der Waals surface area contributed by atoms with Crippen molar-refractivity contribution in [2.45, 2.75) is 31.7 Å². The molecule has 2 aromatic carbocycles. The van der Waals surface area contributed by atoms with Gasteiger partial charge in [-0.25, -0.2) is 4.39 Å². The molecule has 31 heavy (non-hydrogen) atoms.